The molecule has 7 nitrogen and oxygen atoms in total. The number of likely N-dealkylation sites (tertiary alicyclic amines) is 1. The lowest BCUT2D eigenvalue weighted by Gasteiger charge is -2.23. The van der Waals surface area contributed by atoms with Gasteiger partial charge in [0.2, 0.25) is 5.91 Å². The molecule has 1 saturated heterocycles. The van der Waals surface area contributed by atoms with Gasteiger partial charge in [-0.15, -0.1) is 0 Å². The number of hydrogen-bond donors (Lipinski definition) is 2. The molecular weight excluding hydrogens is 250 g/mol. The summed E-state index contributed by atoms with van der Waals surface area (Å²) in [6, 6.07) is -1.26. The molecule has 0 aliphatic carbocycles. The number of hydrogen-bond acceptors (Lipinski definition) is 3. The van der Waals surface area contributed by atoms with Crippen molar-refractivity contribution in [1.29, 1.82) is 0 Å². The van der Waals surface area contributed by atoms with E-state index in [0.717, 1.165) is 0 Å². The number of carbonyl (C=O) groups excluding carboxylic acids is 2. The number of rotatable bonds is 5. The zero-order chi connectivity index (χ0) is 14.4. The minimum atomic E-state index is -0.997. The molecule has 1 rings (SSSR count). The second kappa shape index (κ2) is 6.96. The van der Waals surface area contributed by atoms with Crippen LogP contribution in [0, 0.1) is 0 Å². The Morgan fingerprint density at radius 3 is 2.47 bits per heavy atom. The van der Waals surface area contributed by atoms with Crippen LogP contribution in [-0.2, 0) is 9.59 Å². The minimum Gasteiger partial charge on any atom is -0.480 e. The maximum Gasteiger partial charge on any atom is 0.326 e. The average Bonchev–Trinajstić information content (AvgIpc) is 2.86. The van der Waals surface area contributed by atoms with Gasteiger partial charge in [0.1, 0.15) is 6.04 Å². The van der Waals surface area contributed by atoms with Gasteiger partial charge >= 0.3 is 12.0 Å². The number of carboxylic acid groups (broad SMARTS) is 1. The fraction of sp³-hybridized carbons (Fsp3) is 0.750. The average molecular weight is 271 g/mol. The molecule has 0 saturated carbocycles. The van der Waals surface area contributed by atoms with E-state index in [1.165, 1.54) is 4.90 Å². The van der Waals surface area contributed by atoms with Gasteiger partial charge in [-0.1, -0.05) is 0 Å². The van der Waals surface area contributed by atoms with Crippen molar-refractivity contribution in [3.8, 4) is 0 Å². The third kappa shape index (κ3) is 3.84. The summed E-state index contributed by atoms with van der Waals surface area (Å²) in [7, 11) is 0. The molecule has 3 amide bonds. The summed E-state index contributed by atoms with van der Waals surface area (Å²) < 4.78 is 0. The number of amides is 3. The largest absolute Gasteiger partial charge is 0.480 e. The van der Waals surface area contributed by atoms with Gasteiger partial charge in [-0.05, 0) is 26.7 Å². The van der Waals surface area contributed by atoms with E-state index in [2.05, 4.69) is 5.32 Å². The standard InChI is InChI=1S/C12H21N3O4/c1-3-14(4-2)10(16)8-13-12(19)15-7-5-6-9(15)11(17)18/h9H,3-8H2,1-2H3,(H,13,19)(H,17,18). The Kier molecular flexibility index (Phi) is 5.59. The van der Waals surface area contributed by atoms with Crippen molar-refractivity contribution >= 4 is 17.9 Å². The van der Waals surface area contributed by atoms with Gasteiger partial charge in [0.15, 0.2) is 0 Å². The van der Waals surface area contributed by atoms with Crippen LogP contribution in [0.3, 0.4) is 0 Å². The topological polar surface area (TPSA) is 90.0 Å². The van der Waals surface area contributed by atoms with E-state index < -0.39 is 18.0 Å². The van der Waals surface area contributed by atoms with Gasteiger partial charge in [-0.2, -0.15) is 0 Å². The third-order valence-corrected chi connectivity index (χ3v) is 3.31. The van der Waals surface area contributed by atoms with Crippen LogP contribution in [-0.4, -0.2) is 65.0 Å². The molecule has 19 heavy (non-hydrogen) atoms. The summed E-state index contributed by atoms with van der Waals surface area (Å²) in [5.41, 5.74) is 0. The highest BCUT2D eigenvalue weighted by atomic mass is 16.4. The molecule has 1 fully saturated rings. The zero-order valence-corrected chi connectivity index (χ0v) is 11.4. The lowest BCUT2D eigenvalue weighted by atomic mass is 10.2. The van der Waals surface area contributed by atoms with Gasteiger partial charge in [0, 0.05) is 19.6 Å². The van der Waals surface area contributed by atoms with Crippen LogP contribution in [0.15, 0.2) is 0 Å². The summed E-state index contributed by atoms with van der Waals surface area (Å²) >= 11 is 0. The number of nitrogens with zero attached hydrogens (tertiary/aromatic N) is 2. The van der Waals surface area contributed by atoms with Gasteiger partial charge in [0.05, 0.1) is 6.54 Å². The van der Waals surface area contributed by atoms with Crippen LogP contribution < -0.4 is 5.32 Å². The molecule has 1 atom stereocenters. The Morgan fingerprint density at radius 2 is 1.95 bits per heavy atom. The molecule has 0 aromatic rings. The fourth-order valence-electron chi connectivity index (χ4n) is 2.21. The predicted octanol–water partition coefficient (Wildman–Crippen LogP) is 0.113. The Bertz CT molecular complexity index is 355. The van der Waals surface area contributed by atoms with E-state index in [1.54, 1.807) is 4.90 Å². The van der Waals surface area contributed by atoms with Gasteiger partial charge in [-0.3, -0.25) is 4.79 Å². The second-order valence-corrected chi connectivity index (χ2v) is 4.41. The summed E-state index contributed by atoms with van der Waals surface area (Å²) in [6.07, 6.45) is 1.14. The summed E-state index contributed by atoms with van der Waals surface area (Å²) in [4.78, 5) is 37.4. The van der Waals surface area contributed by atoms with E-state index in [1.807, 2.05) is 13.8 Å². The summed E-state index contributed by atoms with van der Waals surface area (Å²) in [5, 5.41) is 11.5. The third-order valence-electron chi connectivity index (χ3n) is 3.31. The molecule has 1 unspecified atom stereocenters. The smallest absolute Gasteiger partial charge is 0.326 e. The monoisotopic (exact) mass is 271 g/mol. The van der Waals surface area contributed by atoms with Crippen molar-refractivity contribution in [2.75, 3.05) is 26.2 Å². The van der Waals surface area contributed by atoms with Gasteiger partial charge in [0.25, 0.3) is 0 Å². The summed E-state index contributed by atoms with van der Waals surface area (Å²) in [6.45, 7) is 5.24. The molecule has 1 aliphatic rings. The number of carbonyl (C=O) groups is 3. The molecule has 2 N–H and O–H groups in total. The van der Waals surface area contributed by atoms with Gasteiger partial charge in [-0.25, -0.2) is 9.59 Å². The molecule has 0 spiro atoms. The highest BCUT2D eigenvalue weighted by molar-refractivity contribution is 5.87. The van der Waals surface area contributed by atoms with E-state index in [-0.39, 0.29) is 12.5 Å². The molecular formula is C12H21N3O4. The van der Waals surface area contributed by atoms with Crippen LogP contribution >= 0.6 is 0 Å². The quantitative estimate of drug-likeness (QED) is 0.743. The van der Waals surface area contributed by atoms with Crippen molar-refractivity contribution in [2.24, 2.45) is 0 Å². The van der Waals surface area contributed by atoms with Crippen molar-refractivity contribution in [2.45, 2.75) is 32.7 Å². The van der Waals surface area contributed by atoms with E-state index in [9.17, 15) is 14.4 Å². The van der Waals surface area contributed by atoms with E-state index in [0.29, 0.717) is 32.5 Å². The second-order valence-electron chi connectivity index (χ2n) is 4.41. The Labute approximate surface area is 112 Å². The van der Waals surface area contributed by atoms with Crippen LogP contribution in [0.5, 0.6) is 0 Å². The Hall–Kier alpha value is -1.79. The normalized spacial score (nSPS) is 18.2. The highest BCUT2D eigenvalue weighted by Crippen LogP contribution is 2.17. The maximum absolute atomic E-state index is 11.8. The first-order valence-corrected chi connectivity index (χ1v) is 6.56. The van der Waals surface area contributed by atoms with Crippen LogP contribution in [0.1, 0.15) is 26.7 Å². The van der Waals surface area contributed by atoms with Crippen molar-refractivity contribution in [3.05, 3.63) is 0 Å². The van der Waals surface area contributed by atoms with Gasteiger partial charge < -0.3 is 20.2 Å². The lowest BCUT2D eigenvalue weighted by molar-refractivity contribution is -0.141. The van der Waals surface area contributed by atoms with Crippen molar-refractivity contribution in [1.82, 2.24) is 15.1 Å². The Balaban J connectivity index is 2.47. The van der Waals surface area contributed by atoms with Crippen LogP contribution in [0.25, 0.3) is 0 Å². The predicted molar refractivity (Wildman–Crippen MR) is 68.7 cm³/mol. The van der Waals surface area contributed by atoms with Crippen LogP contribution in [0.4, 0.5) is 4.79 Å². The minimum absolute atomic E-state index is 0.0939. The fourth-order valence-corrected chi connectivity index (χ4v) is 2.21. The molecule has 7 heteroatoms. The van der Waals surface area contributed by atoms with Crippen molar-refractivity contribution < 1.29 is 19.5 Å². The molecule has 0 bridgehead atoms. The lowest BCUT2D eigenvalue weighted by Crippen LogP contribution is -2.49. The van der Waals surface area contributed by atoms with Crippen LogP contribution in [0.2, 0.25) is 0 Å². The summed E-state index contributed by atoms with van der Waals surface area (Å²) in [5.74, 6) is -1.16. The number of urea groups is 1. The van der Waals surface area contributed by atoms with E-state index >= 15 is 0 Å². The first-order chi connectivity index (χ1) is 9.01. The van der Waals surface area contributed by atoms with E-state index in [4.69, 9.17) is 5.11 Å². The number of aliphatic carboxylic acids is 1. The van der Waals surface area contributed by atoms with Crippen molar-refractivity contribution in [3.63, 3.8) is 0 Å². The number of carboxylic acids is 1. The zero-order valence-electron chi connectivity index (χ0n) is 11.4. The number of likely N-dealkylation sites (N-methyl/N-ethyl adjacent to an activating group) is 1. The molecule has 1 aliphatic heterocycles. The highest BCUT2D eigenvalue weighted by Gasteiger charge is 2.34. The SMILES string of the molecule is CCN(CC)C(=O)CNC(=O)N1CCCC1C(=O)O. The molecule has 1 heterocycles. The maximum atomic E-state index is 11.8. The molecule has 0 radical (unpaired) electrons. The molecule has 0 aromatic heterocycles. The number of nitrogens with one attached hydrogen (secondary N) is 1. The first-order valence-electron chi connectivity index (χ1n) is 6.56. The molecule has 0 aromatic carbocycles. The molecule has 108 valence electrons. The first kappa shape index (κ1) is 15.3. The Morgan fingerprint density at radius 1 is 1.32 bits per heavy atom.